The van der Waals surface area contributed by atoms with E-state index < -0.39 is 11.9 Å². The van der Waals surface area contributed by atoms with Gasteiger partial charge in [-0.05, 0) is 37.6 Å². The summed E-state index contributed by atoms with van der Waals surface area (Å²) in [5.74, 6) is 1.51. The topological polar surface area (TPSA) is 90.3 Å². The zero-order valence-electron chi connectivity index (χ0n) is 17.7. The fraction of sp³-hybridized carbons (Fsp3) is 0.333. The van der Waals surface area contributed by atoms with Crippen LogP contribution in [0.4, 0.5) is 36.4 Å². The highest BCUT2D eigenvalue weighted by Gasteiger charge is 2.32. The molecule has 168 valence electrons. The maximum Gasteiger partial charge on any atom is 0.433 e. The number of nitrogens with one attached hydrogen (secondary N) is 1. The van der Waals surface area contributed by atoms with Gasteiger partial charge in [0.25, 0.3) is 0 Å². The zero-order chi connectivity index (χ0) is 23.0. The third-order valence-electron chi connectivity index (χ3n) is 5.19. The molecule has 0 aromatic carbocycles. The fourth-order valence-electron chi connectivity index (χ4n) is 3.55. The van der Waals surface area contributed by atoms with Crippen LogP contribution in [-0.4, -0.2) is 45.2 Å². The highest BCUT2D eigenvalue weighted by Crippen LogP contribution is 2.35. The van der Waals surface area contributed by atoms with Crippen molar-refractivity contribution in [1.82, 2.24) is 19.9 Å². The van der Waals surface area contributed by atoms with E-state index in [0.29, 0.717) is 36.2 Å². The van der Waals surface area contributed by atoms with Gasteiger partial charge >= 0.3 is 6.18 Å². The number of anilines is 4. The Morgan fingerprint density at radius 3 is 2.56 bits per heavy atom. The van der Waals surface area contributed by atoms with Crippen LogP contribution in [0.5, 0.6) is 5.75 Å². The lowest BCUT2D eigenvalue weighted by Gasteiger charge is -2.36. The molecule has 0 radical (unpaired) electrons. The number of pyridine rings is 2. The Morgan fingerprint density at radius 2 is 1.94 bits per heavy atom. The van der Waals surface area contributed by atoms with Crippen molar-refractivity contribution in [3.05, 3.63) is 53.6 Å². The SMILES string of the molecule is CC1Cc2c(nc(N(C)C)nc2Nc2ccc(C(F)(F)F)nc2)CN1c1ncccc1O. The van der Waals surface area contributed by atoms with E-state index in [-0.39, 0.29) is 11.8 Å². The molecule has 1 aliphatic rings. The maximum absolute atomic E-state index is 12.8. The lowest BCUT2D eigenvalue weighted by atomic mass is 9.98. The number of rotatable bonds is 4. The molecule has 4 heterocycles. The molecule has 0 aliphatic carbocycles. The molecule has 0 amide bonds. The van der Waals surface area contributed by atoms with Gasteiger partial charge in [-0.1, -0.05) is 0 Å². The first-order chi connectivity index (χ1) is 15.1. The zero-order valence-corrected chi connectivity index (χ0v) is 17.7. The average Bonchev–Trinajstić information content (AvgIpc) is 2.74. The second-order valence-corrected chi connectivity index (χ2v) is 7.77. The summed E-state index contributed by atoms with van der Waals surface area (Å²) in [6, 6.07) is 5.47. The van der Waals surface area contributed by atoms with Crippen molar-refractivity contribution >= 4 is 23.3 Å². The minimum Gasteiger partial charge on any atom is -0.504 e. The summed E-state index contributed by atoms with van der Waals surface area (Å²) in [6.07, 6.45) is -1.19. The van der Waals surface area contributed by atoms with Crippen molar-refractivity contribution in [1.29, 1.82) is 0 Å². The van der Waals surface area contributed by atoms with E-state index in [1.165, 1.54) is 6.07 Å². The Morgan fingerprint density at radius 1 is 1.16 bits per heavy atom. The number of hydrogen-bond donors (Lipinski definition) is 2. The van der Waals surface area contributed by atoms with Gasteiger partial charge in [-0.15, -0.1) is 0 Å². The molecular formula is C21H22F3N7O. The average molecular weight is 445 g/mol. The molecule has 1 unspecified atom stereocenters. The van der Waals surface area contributed by atoms with Gasteiger partial charge in [0, 0.05) is 31.9 Å². The molecule has 1 atom stereocenters. The molecule has 0 fully saturated rings. The lowest BCUT2D eigenvalue weighted by Crippen LogP contribution is -2.40. The number of fused-ring (bicyclic) bond motifs is 1. The minimum absolute atomic E-state index is 0.0246. The molecule has 1 aliphatic heterocycles. The first-order valence-corrected chi connectivity index (χ1v) is 9.91. The highest BCUT2D eigenvalue weighted by atomic mass is 19.4. The fourth-order valence-corrected chi connectivity index (χ4v) is 3.55. The van der Waals surface area contributed by atoms with E-state index in [1.807, 2.05) is 11.8 Å². The molecule has 11 heteroatoms. The van der Waals surface area contributed by atoms with Gasteiger partial charge in [0.05, 0.1) is 24.1 Å². The van der Waals surface area contributed by atoms with Crippen LogP contribution in [0.1, 0.15) is 23.9 Å². The Bertz CT molecular complexity index is 1120. The van der Waals surface area contributed by atoms with Gasteiger partial charge in [-0.3, -0.25) is 0 Å². The normalized spacial score (nSPS) is 15.9. The van der Waals surface area contributed by atoms with Gasteiger partial charge in [-0.2, -0.15) is 18.2 Å². The number of alkyl halides is 3. The van der Waals surface area contributed by atoms with Crippen LogP contribution < -0.4 is 15.1 Å². The predicted molar refractivity (Wildman–Crippen MR) is 114 cm³/mol. The first kappa shape index (κ1) is 21.6. The van der Waals surface area contributed by atoms with Crippen molar-refractivity contribution in [3.8, 4) is 5.75 Å². The van der Waals surface area contributed by atoms with Crippen LogP contribution in [-0.2, 0) is 19.1 Å². The number of aromatic hydroxyl groups is 1. The molecule has 32 heavy (non-hydrogen) atoms. The summed E-state index contributed by atoms with van der Waals surface area (Å²) in [7, 11) is 3.61. The van der Waals surface area contributed by atoms with Crippen molar-refractivity contribution < 1.29 is 18.3 Å². The molecule has 2 N–H and O–H groups in total. The minimum atomic E-state index is -4.50. The quantitative estimate of drug-likeness (QED) is 0.628. The molecular weight excluding hydrogens is 423 g/mol. The molecule has 0 saturated heterocycles. The van der Waals surface area contributed by atoms with E-state index in [4.69, 9.17) is 0 Å². The van der Waals surface area contributed by atoms with Crippen molar-refractivity contribution in [3.63, 3.8) is 0 Å². The Kier molecular flexibility index (Phi) is 5.49. The predicted octanol–water partition coefficient (Wildman–Crippen LogP) is 3.75. The monoisotopic (exact) mass is 445 g/mol. The molecule has 8 nitrogen and oxygen atoms in total. The highest BCUT2D eigenvalue weighted by molar-refractivity contribution is 5.64. The van der Waals surface area contributed by atoms with Gasteiger partial charge in [0.1, 0.15) is 11.5 Å². The molecule has 3 aromatic rings. The van der Waals surface area contributed by atoms with Crippen LogP contribution in [0, 0.1) is 0 Å². The summed E-state index contributed by atoms with van der Waals surface area (Å²) >= 11 is 0. The molecule has 4 rings (SSSR count). The van der Waals surface area contributed by atoms with Gasteiger partial charge in [0.15, 0.2) is 11.6 Å². The lowest BCUT2D eigenvalue weighted by molar-refractivity contribution is -0.141. The maximum atomic E-state index is 12.8. The largest absolute Gasteiger partial charge is 0.504 e. The molecule has 3 aromatic heterocycles. The Hall–Kier alpha value is -3.63. The third-order valence-corrected chi connectivity index (χ3v) is 5.19. The van der Waals surface area contributed by atoms with Crippen molar-refractivity contribution in [2.45, 2.75) is 32.1 Å². The van der Waals surface area contributed by atoms with Crippen LogP contribution in [0.25, 0.3) is 0 Å². The molecule has 0 bridgehead atoms. The van der Waals surface area contributed by atoms with Crippen LogP contribution in [0.15, 0.2) is 36.7 Å². The van der Waals surface area contributed by atoms with Crippen molar-refractivity contribution in [2.24, 2.45) is 0 Å². The summed E-state index contributed by atoms with van der Waals surface area (Å²) in [6.45, 7) is 2.39. The number of hydrogen-bond acceptors (Lipinski definition) is 8. The van der Waals surface area contributed by atoms with Gasteiger partial charge in [0.2, 0.25) is 5.95 Å². The van der Waals surface area contributed by atoms with Gasteiger partial charge in [-0.25, -0.2) is 15.0 Å². The molecule has 0 saturated carbocycles. The number of nitrogens with zero attached hydrogens (tertiary/aromatic N) is 6. The van der Waals surface area contributed by atoms with Crippen LogP contribution in [0.2, 0.25) is 0 Å². The van der Waals surface area contributed by atoms with E-state index in [9.17, 15) is 18.3 Å². The first-order valence-electron chi connectivity index (χ1n) is 9.91. The van der Waals surface area contributed by atoms with E-state index in [1.54, 1.807) is 37.3 Å². The van der Waals surface area contributed by atoms with E-state index in [0.717, 1.165) is 23.5 Å². The smallest absolute Gasteiger partial charge is 0.433 e. The second-order valence-electron chi connectivity index (χ2n) is 7.77. The standard InChI is InChI=1S/C21H22F3N7O/c1-12-9-14-15(11-31(12)19-16(32)5-4-8-25-19)28-20(30(2)3)29-18(14)27-13-6-7-17(26-10-13)21(22,23)24/h4-8,10,12,32H,9,11H2,1-3H3,(H,27,28,29). The summed E-state index contributed by atoms with van der Waals surface area (Å²) in [4.78, 5) is 20.8. The Balaban J connectivity index is 1.70. The summed E-state index contributed by atoms with van der Waals surface area (Å²) in [5.41, 5.74) is 1.03. The Labute approximate surface area is 182 Å². The molecule has 0 spiro atoms. The number of halogens is 3. The summed E-state index contributed by atoms with van der Waals surface area (Å²) < 4.78 is 38.5. The van der Waals surface area contributed by atoms with E-state index in [2.05, 4.69) is 25.3 Å². The summed E-state index contributed by atoms with van der Waals surface area (Å²) in [5, 5.41) is 13.4. The number of aromatic nitrogens is 4. The third kappa shape index (κ3) is 4.23. The second kappa shape index (κ2) is 8.13. The van der Waals surface area contributed by atoms with Crippen molar-refractivity contribution in [2.75, 3.05) is 29.2 Å². The van der Waals surface area contributed by atoms with E-state index >= 15 is 0 Å². The van der Waals surface area contributed by atoms with Gasteiger partial charge < -0.3 is 20.2 Å². The van der Waals surface area contributed by atoms with Crippen LogP contribution in [0.3, 0.4) is 0 Å². The van der Waals surface area contributed by atoms with Crippen LogP contribution >= 0.6 is 0 Å².